The summed E-state index contributed by atoms with van der Waals surface area (Å²) in [7, 11) is -1.29. The van der Waals surface area contributed by atoms with E-state index in [1.165, 1.54) is 24.7 Å². The summed E-state index contributed by atoms with van der Waals surface area (Å²) in [6.07, 6.45) is 9.82. The Morgan fingerprint density at radius 2 is 2.09 bits per heavy atom. The second kappa shape index (κ2) is 10.2. The Hall–Kier alpha value is -3.52. The van der Waals surface area contributed by atoms with Crippen LogP contribution in [0.25, 0.3) is 0 Å². The third-order valence-electron chi connectivity index (χ3n) is 5.42. The maximum atomic E-state index is 14.5. The summed E-state index contributed by atoms with van der Waals surface area (Å²) in [6, 6.07) is 4.80. The van der Waals surface area contributed by atoms with Crippen LogP contribution in [0.15, 0.2) is 33.9 Å². The topological polar surface area (TPSA) is 106 Å². The molecule has 0 bridgehead atoms. The molecule has 1 N–H and O–H groups in total. The van der Waals surface area contributed by atoms with Gasteiger partial charge in [-0.25, -0.2) is 14.4 Å². The Labute approximate surface area is 199 Å². The highest BCUT2D eigenvalue weighted by atomic mass is 32.2. The molecule has 178 valence electrons. The number of nitrogens with zero attached hydrogens (tertiary/aromatic N) is 5. The quantitative estimate of drug-likeness (QED) is 0.503. The summed E-state index contributed by atoms with van der Waals surface area (Å²) in [5, 5.41) is 6.91. The van der Waals surface area contributed by atoms with Gasteiger partial charge in [-0.2, -0.15) is 4.98 Å². The third kappa shape index (κ3) is 5.17. The van der Waals surface area contributed by atoms with E-state index in [2.05, 4.69) is 31.3 Å². The van der Waals surface area contributed by atoms with Gasteiger partial charge in [0.05, 0.1) is 5.69 Å². The van der Waals surface area contributed by atoms with Crippen LogP contribution < -0.4 is 15.0 Å². The number of terminal acetylenes is 1. The fourth-order valence-electron chi connectivity index (χ4n) is 3.50. The molecule has 0 radical (unpaired) electrons. The number of piperidine rings is 1. The van der Waals surface area contributed by atoms with Gasteiger partial charge in [-0.1, -0.05) is 24.9 Å². The minimum atomic E-state index is -1.29. The van der Waals surface area contributed by atoms with E-state index in [-0.39, 0.29) is 29.4 Å². The first kappa shape index (κ1) is 23.6. The Bertz CT molecular complexity index is 1230. The molecule has 3 aromatic rings. The lowest BCUT2D eigenvalue weighted by molar-refractivity contribution is 0.161. The summed E-state index contributed by atoms with van der Waals surface area (Å²) in [5.41, 5.74) is 0.454. The lowest BCUT2D eigenvalue weighted by atomic mass is 10.1. The lowest BCUT2D eigenvalue weighted by Crippen LogP contribution is -2.38. The zero-order valence-electron chi connectivity index (χ0n) is 19.1. The largest absolute Gasteiger partial charge is 0.473 e. The summed E-state index contributed by atoms with van der Waals surface area (Å²) >= 11 is 0. The van der Waals surface area contributed by atoms with Gasteiger partial charge in [0, 0.05) is 53.8 Å². The van der Waals surface area contributed by atoms with E-state index in [1.54, 1.807) is 6.07 Å². The molecule has 1 aromatic carbocycles. The molecule has 0 aliphatic carbocycles. The standard InChI is InChI=1S/C23H25FN6O3S/c1-5-17-21(27-19-7-6-16(34(4)31)12-18(19)24)25-13-26-22(17)32-15-8-10-30(11-9-15)23-28-20(14(2)3)29-33-23/h1,6-7,12-15H,8-11H2,2-4H3,(H,25,26,27). The van der Waals surface area contributed by atoms with Crippen molar-refractivity contribution in [2.24, 2.45) is 0 Å². The first-order chi connectivity index (χ1) is 16.4. The van der Waals surface area contributed by atoms with Crippen molar-refractivity contribution in [1.82, 2.24) is 20.1 Å². The van der Waals surface area contributed by atoms with Gasteiger partial charge in [-0.15, -0.1) is 6.42 Å². The number of benzene rings is 1. The average molecular weight is 485 g/mol. The number of nitrogens with one attached hydrogen (secondary N) is 1. The lowest BCUT2D eigenvalue weighted by Gasteiger charge is -2.30. The van der Waals surface area contributed by atoms with Crippen molar-refractivity contribution in [3.05, 3.63) is 41.7 Å². The molecule has 11 heteroatoms. The van der Waals surface area contributed by atoms with Crippen molar-refractivity contribution < 1.29 is 17.9 Å². The molecule has 9 nitrogen and oxygen atoms in total. The van der Waals surface area contributed by atoms with Crippen LogP contribution in [0.1, 0.15) is 44.0 Å². The zero-order valence-corrected chi connectivity index (χ0v) is 19.9. The van der Waals surface area contributed by atoms with E-state index in [9.17, 15) is 8.60 Å². The van der Waals surface area contributed by atoms with Crippen LogP contribution in [0.4, 0.5) is 21.9 Å². The van der Waals surface area contributed by atoms with Gasteiger partial charge in [0.25, 0.3) is 0 Å². The van der Waals surface area contributed by atoms with Gasteiger partial charge in [0.15, 0.2) is 11.6 Å². The van der Waals surface area contributed by atoms with Gasteiger partial charge in [-0.3, -0.25) is 4.21 Å². The highest BCUT2D eigenvalue weighted by molar-refractivity contribution is 7.84. The zero-order chi connectivity index (χ0) is 24.2. The van der Waals surface area contributed by atoms with E-state index in [1.807, 2.05) is 18.7 Å². The predicted octanol–water partition coefficient (Wildman–Crippen LogP) is 3.63. The second-order valence-electron chi connectivity index (χ2n) is 8.16. The normalized spacial score (nSPS) is 15.2. The van der Waals surface area contributed by atoms with Gasteiger partial charge in [-0.05, 0) is 18.2 Å². The molecule has 34 heavy (non-hydrogen) atoms. The molecule has 1 fully saturated rings. The van der Waals surface area contributed by atoms with Crippen molar-refractivity contribution in [3.8, 4) is 18.2 Å². The number of aromatic nitrogens is 4. The maximum absolute atomic E-state index is 14.5. The SMILES string of the molecule is C#Cc1c(Nc2ccc(S(C)=O)cc2F)ncnc1OC1CCN(c2nc(C(C)C)no2)CC1. The van der Waals surface area contributed by atoms with E-state index < -0.39 is 16.6 Å². The highest BCUT2D eigenvalue weighted by Gasteiger charge is 2.26. The Morgan fingerprint density at radius 3 is 2.71 bits per heavy atom. The molecular formula is C23H25FN6O3S. The van der Waals surface area contributed by atoms with Crippen LogP contribution in [0.3, 0.4) is 0 Å². The fraction of sp³-hybridized carbons (Fsp3) is 0.391. The van der Waals surface area contributed by atoms with Crippen LogP contribution >= 0.6 is 0 Å². The van der Waals surface area contributed by atoms with Gasteiger partial charge in [0.1, 0.15) is 23.8 Å². The van der Waals surface area contributed by atoms with E-state index >= 15 is 0 Å². The average Bonchev–Trinajstić information content (AvgIpc) is 3.32. The molecule has 0 saturated carbocycles. The predicted molar refractivity (Wildman–Crippen MR) is 126 cm³/mol. The smallest absolute Gasteiger partial charge is 0.324 e. The summed E-state index contributed by atoms with van der Waals surface area (Å²) < 4.78 is 37.5. The van der Waals surface area contributed by atoms with Gasteiger partial charge in [0.2, 0.25) is 5.88 Å². The van der Waals surface area contributed by atoms with E-state index in [4.69, 9.17) is 15.7 Å². The van der Waals surface area contributed by atoms with Crippen LogP contribution in [0, 0.1) is 18.2 Å². The first-order valence-corrected chi connectivity index (χ1v) is 12.4. The van der Waals surface area contributed by atoms with Crippen molar-refractivity contribution in [1.29, 1.82) is 0 Å². The van der Waals surface area contributed by atoms with Crippen LogP contribution in [0.5, 0.6) is 5.88 Å². The molecule has 1 aliphatic rings. The molecule has 1 atom stereocenters. The summed E-state index contributed by atoms with van der Waals surface area (Å²) in [6.45, 7) is 5.39. The molecule has 4 rings (SSSR count). The van der Waals surface area contributed by atoms with Crippen LogP contribution in [-0.4, -0.2) is 49.8 Å². The Kier molecular flexibility index (Phi) is 7.07. The molecule has 0 amide bonds. The fourth-order valence-corrected chi connectivity index (χ4v) is 4.03. The number of hydrogen-bond donors (Lipinski definition) is 1. The number of ether oxygens (including phenoxy) is 1. The van der Waals surface area contributed by atoms with Crippen molar-refractivity contribution >= 4 is 28.3 Å². The molecule has 1 unspecified atom stereocenters. The van der Waals surface area contributed by atoms with Crippen LogP contribution in [-0.2, 0) is 10.8 Å². The summed E-state index contributed by atoms with van der Waals surface area (Å²) in [5.74, 6) is 3.37. The number of halogens is 1. The molecule has 1 saturated heterocycles. The van der Waals surface area contributed by atoms with E-state index in [0.29, 0.717) is 48.2 Å². The van der Waals surface area contributed by atoms with Crippen molar-refractivity contribution in [2.45, 2.75) is 43.6 Å². The highest BCUT2D eigenvalue weighted by Crippen LogP contribution is 2.29. The molecular weight excluding hydrogens is 459 g/mol. The Morgan fingerprint density at radius 1 is 1.32 bits per heavy atom. The second-order valence-corrected chi connectivity index (χ2v) is 9.54. The van der Waals surface area contributed by atoms with Crippen LogP contribution in [0.2, 0.25) is 0 Å². The molecule has 3 heterocycles. The molecule has 0 spiro atoms. The Balaban J connectivity index is 1.44. The van der Waals surface area contributed by atoms with Gasteiger partial charge >= 0.3 is 6.01 Å². The maximum Gasteiger partial charge on any atom is 0.324 e. The monoisotopic (exact) mass is 484 g/mol. The van der Waals surface area contributed by atoms with Crippen molar-refractivity contribution in [3.63, 3.8) is 0 Å². The minimum Gasteiger partial charge on any atom is -0.473 e. The number of anilines is 3. The van der Waals surface area contributed by atoms with Gasteiger partial charge < -0.3 is 19.5 Å². The van der Waals surface area contributed by atoms with Crippen molar-refractivity contribution in [2.75, 3.05) is 29.6 Å². The first-order valence-electron chi connectivity index (χ1n) is 10.8. The number of hydrogen-bond acceptors (Lipinski definition) is 9. The third-order valence-corrected chi connectivity index (χ3v) is 6.34. The van der Waals surface area contributed by atoms with E-state index in [0.717, 1.165) is 0 Å². The molecule has 2 aromatic heterocycles. The molecule has 1 aliphatic heterocycles. The summed E-state index contributed by atoms with van der Waals surface area (Å²) in [4.78, 5) is 15.2. The number of rotatable bonds is 7. The minimum absolute atomic E-state index is 0.117.